The van der Waals surface area contributed by atoms with Crippen LogP contribution < -0.4 is 9.64 Å². The molecule has 3 nitrogen and oxygen atoms in total. The lowest BCUT2D eigenvalue weighted by Crippen LogP contribution is -2.36. The highest BCUT2D eigenvalue weighted by molar-refractivity contribution is 9.09. The van der Waals surface area contributed by atoms with Gasteiger partial charge < -0.3 is 9.64 Å². The van der Waals surface area contributed by atoms with Gasteiger partial charge in [-0.15, -0.1) is 0 Å². The number of hydrogen-bond acceptors (Lipinski definition) is 3. The van der Waals surface area contributed by atoms with E-state index in [4.69, 9.17) is 4.74 Å². The first-order valence-electron chi connectivity index (χ1n) is 7.08. The zero-order valence-corrected chi connectivity index (χ0v) is 13.6. The van der Waals surface area contributed by atoms with Gasteiger partial charge in [0.05, 0.1) is 6.10 Å². The number of pyridine rings is 1. The molecule has 19 heavy (non-hydrogen) atoms. The minimum absolute atomic E-state index is 0.183. The average molecular weight is 327 g/mol. The van der Waals surface area contributed by atoms with Crippen molar-refractivity contribution in [3.05, 3.63) is 18.3 Å². The van der Waals surface area contributed by atoms with Crippen molar-refractivity contribution in [1.82, 2.24) is 4.98 Å². The standard InChI is InChI=1S/C15H23BrN2O/c1-11(2)19-14-5-4-8-17-15(14)18-9-6-13(7-10-18)12(3)16/h4-5,8,11-13H,6-7,9-10H2,1-3H3. The maximum atomic E-state index is 5.86. The van der Waals surface area contributed by atoms with Crippen LogP contribution in [0.15, 0.2) is 18.3 Å². The van der Waals surface area contributed by atoms with E-state index in [1.54, 1.807) is 0 Å². The summed E-state index contributed by atoms with van der Waals surface area (Å²) in [5.41, 5.74) is 0. The van der Waals surface area contributed by atoms with Gasteiger partial charge in [-0.3, -0.25) is 0 Å². The highest BCUT2D eigenvalue weighted by Crippen LogP contribution is 2.32. The molecule has 0 amide bonds. The normalized spacial score (nSPS) is 18.7. The molecular formula is C15H23BrN2O. The van der Waals surface area contributed by atoms with Gasteiger partial charge in [0, 0.05) is 24.1 Å². The van der Waals surface area contributed by atoms with Gasteiger partial charge in [-0.1, -0.05) is 22.9 Å². The first-order valence-corrected chi connectivity index (χ1v) is 8.00. The Kier molecular flexibility index (Phi) is 5.08. The molecule has 1 aromatic rings. The Hall–Kier alpha value is -0.770. The van der Waals surface area contributed by atoms with Gasteiger partial charge in [0.1, 0.15) is 0 Å². The second kappa shape index (κ2) is 6.60. The van der Waals surface area contributed by atoms with Crippen LogP contribution in [0, 0.1) is 5.92 Å². The first-order chi connectivity index (χ1) is 9.08. The molecule has 1 aliphatic rings. The number of nitrogens with zero attached hydrogens (tertiary/aromatic N) is 2. The highest BCUT2D eigenvalue weighted by atomic mass is 79.9. The van der Waals surface area contributed by atoms with E-state index in [1.165, 1.54) is 12.8 Å². The molecule has 0 spiro atoms. The van der Waals surface area contributed by atoms with Crippen molar-refractivity contribution in [1.29, 1.82) is 0 Å². The fourth-order valence-corrected chi connectivity index (χ4v) is 3.06. The van der Waals surface area contributed by atoms with Crippen LogP contribution in [0.1, 0.15) is 33.6 Å². The third kappa shape index (κ3) is 3.85. The summed E-state index contributed by atoms with van der Waals surface area (Å²) in [6, 6.07) is 3.95. The van der Waals surface area contributed by atoms with Crippen LogP contribution in [-0.4, -0.2) is 29.0 Å². The van der Waals surface area contributed by atoms with Gasteiger partial charge in [0.2, 0.25) is 0 Å². The SMILES string of the molecule is CC(C)Oc1cccnc1N1CCC(C(C)Br)CC1. The average Bonchev–Trinajstić information content (AvgIpc) is 2.39. The molecule has 106 valence electrons. The highest BCUT2D eigenvalue weighted by Gasteiger charge is 2.24. The molecular weight excluding hydrogens is 304 g/mol. The van der Waals surface area contributed by atoms with Gasteiger partial charge in [0.25, 0.3) is 0 Å². The smallest absolute Gasteiger partial charge is 0.171 e. The number of piperidine rings is 1. The predicted octanol–water partition coefficient (Wildman–Crippen LogP) is 3.87. The monoisotopic (exact) mass is 326 g/mol. The number of hydrogen-bond donors (Lipinski definition) is 0. The van der Waals surface area contributed by atoms with E-state index in [-0.39, 0.29) is 6.10 Å². The van der Waals surface area contributed by atoms with Crippen LogP contribution in [0.3, 0.4) is 0 Å². The van der Waals surface area contributed by atoms with E-state index >= 15 is 0 Å². The number of rotatable bonds is 4. The molecule has 1 aromatic heterocycles. The van der Waals surface area contributed by atoms with E-state index in [0.717, 1.165) is 30.6 Å². The summed E-state index contributed by atoms with van der Waals surface area (Å²) in [5.74, 6) is 2.68. The third-order valence-corrected chi connectivity index (χ3v) is 4.35. The lowest BCUT2D eigenvalue weighted by Gasteiger charge is -2.34. The lowest BCUT2D eigenvalue weighted by molar-refractivity contribution is 0.241. The van der Waals surface area contributed by atoms with E-state index in [2.05, 4.69) is 46.6 Å². The zero-order chi connectivity index (χ0) is 13.8. The lowest BCUT2D eigenvalue weighted by atomic mass is 9.94. The van der Waals surface area contributed by atoms with Crippen molar-refractivity contribution in [3.63, 3.8) is 0 Å². The van der Waals surface area contributed by atoms with Gasteiger partial charge >= 0.3 is 0 Å². The summed E-state index contributed by atoms with van der Waals surface area (Å²) in [7, 11) is 0. The van der Waals surface area contributed by atoms with E-state index in [1.807, 2.05) is 18.3 Å². The minimum atomic E-state index is 0.183. The summed E-state index contributed by atoms with van der Waals surface area (Å²) in [6.45, 7) is 8.47. The first kappa shape index (κ1) is 14.6. The molecule has 0 aliphatic carbocycles. The molecule has 0 radical (unpaired) electrons. The van der Waals surface area contributed by atoms with Gasteiger partial charge in [0.15, 0.2) is 11.6 Å². The Balaban J connectivity index is 2.06. The molecule has 1 unspecified atom stereocenters. The van der Waals surface area contributed by atoms with Crippen LogP contribution in [0.5, 0.6) is 5.75 Å². The Morgan fingerprint density at radius 1 is 1.32 bits per heavy atom. The third-order valence-electron chi connectivity index (χ3n) is 3.60. The Labute approximate surface area is 124 Å². The molecule has 2 rings (SSSR count). The number of halogens is 1. The van der Waals surface area contributed by atoms with Crippen molar-refractivity contribution < 1.29 is 4.74 Å². The van der Waals surface area contributed by atoms with Crippen molar-refractivity contribution in [2.24, 2.45) is 5.92 Å². The van der Waals surface area contributed by atoms with Crippen LogP contribution >= 0.6 is 15.9 Å². The number of alkyl halides is 1. The van der Waals surface area contributed by atoms with Crippen LogP contribution in [0.2, 0.25) is 0 Å². The van der Waals surface area contributed by atoms with Gasteiger partial charge in [-0.2, -0.15) is 0 Å². The van der Waals surface area contributed by atoms with E-state index in [9.17, 15) is 0 Å². The van der Waals surface area contributed by atoms with Crippen LogP contribution in [-0.2, 0) is 0 Å². The molecule has 1 saturated heterocycles. The van der Waals surface area contributed by atoms with Crippen LogP contribution in [0.25, 0.3) is 0 Å². The minimum Gasteiger partial charge on any atom is -0.487 e. The van der Waals surface area contributed by atoms with Crippen LogP contribution in [0.4, 0.5) is 5.82 Å². The summed E-state index contributed by atoms with van der Waals surface area (Å²) >= 11 is 3.70. The molecule has 1 aliphatic heterocycles. The molecule has 0 aromatic carbocycles. The Morgan fingerprint density at radius 3 is 2.58 bits per heavy atom. The Bertz CT molecular complexity index is 401. The largest absolute Gasteiger partial charge is 0.487 e. The van der Waals surface area contributed by atoms with Gasteiger partial charge in [-0.05, 0) is 44.7 Å². The summed E-state index contributed by atoms with van der Waals surface area (Å²) < 4.78 is 5.86. The number of anilines is 1. The van der Waals surface area contributed by atoms with E-state index in [0.29, 0.717) is 4.83 Å². The topological polar surface area (TPSA) is 25.4 Å². The maximum absolute atomic E-state index is 5.86. The molecule has 4 heteroatoms. The molecule has 1 atom stereocenters. The maximum Gasteiger partial charge on any atom is 0.171 e. The van der Waals surface area contributed by atoms with Crippen molar-refractivity contribution in [3.8, 4) is 5.75 Å². The summed E-state index contributed by atoms with van der Waals surface area (Å²) in [6.07, 6.45) is 4.46. The number of aromatic nitrogens is 1. The van der Waals surface area contributed by atoms with Gasteiger partial charge in [-0.25, -0.2) is 4.98 Å². The molecule has 0 saturated carbocycles. The second-order valence-corrected chi connectivity index (χ2v) is 6.94. The summed E-state index contributed by atoms with van der Waals surface area (Å²) in [5, 5.41) is 0. The molecule has 2 heterocycles. The fourth-order valence-electron chi connectivity index (χ4n) is 2.54. The zero-order valence-electron chi connectivity index (χ0n) is 12.0. The quantitative estimate of drug-likeness (QED) is 0.785. The number of ether oxygens (including phenoxy) is 1. The van der Waals surface area contributed by atoms with E-state index < -0.39 is 0 Å². The second-order valence-electron chi connectivity index (χ2n) is 5.49. The molecule has 0 N–H and O–H groups in total. The van der Waals surface area contributed by atoms with Crippen molar-refractivity contribution in [2.45, 2.75) is 44.5 Å². The molecule has 1 fully saturated rings. The predicted molar refractivity (Wildman–Crippen MR) is 83.3 cm³/mol. The Morgan fingerprint density at radius 2 is 2.00 bits per heavy atom. The summed E-state index contributed by atoms with van der Waals surface area (Å²) in [4.78, 5) is 7.47. The molecule has 0 bridgehead atoms. The van der Waals surface area contributed by atoms with Crippen molar-refractivity contribution >= 4 is 21.7 Å². The van der Waals surface area contributed by atoms with Crippen molar-refractivity contribution in [2.75, 3.05) is 18.0 Å². The fraction of sp³-hybridized carbons (Fsp3) is 0.667.